The minimum Gasteiger partial charge on any atom is -0.325 e. The van der Waals surface area contributed by atoms with Crippen LogP contribution in [0.4, 0.5) is 5.69 Å². The summed E-state index contributed by atoms with van der Waals surface area (Å²) in [6, 6.07) is 12.8. The molecule has 1 saturated heterocycles. The Labute approximate surface area is 174 Å². The zero-order valence-electron chi connectivity index (χ0n) is 16.0. The Bertz CT molecular complexity index is 953. The summed E-state index contributed by atoms with van der Waals surface area (Å²) in [6.07, 6.45) is 0. The highest BCUT2D eigenvalue weighted by Gasteiger charge is 2.30. The summed E-state index contributed by atoms with van der Waals surface area (Å²) in [4.78, 5) is 14.6. The molecule has 1 fully saturated rings. The summed E-state index contributed by atoms with van der Waals surface area (Å²) in [5.41, 5.74) is 2.54. The minimum atomic E-state index is -3.51. The summed E-state index contributed by atoms with van der Waals surface area (Å²) in [6.45, 7) is 5.82. The van der Waals surface area contributed by atoms with Crippen molar-refractivity contribution in [3.63, 3.8) is 0 Å². The number of piperazine rings is 1. The van der Waals surface area contributed by atoms with E-state index >= 15 is 0 Å². The number of carbonyl (C=O) groups is 1. The van der Waals surface area contributed by atoms with E-state index in [0.29, 0.717) is 31.1 Å². The molecular formula is C20H24BrN3O3S. The molecule has 28 heavy (non-hydrogen) atoms. The first-order chi connectivity index (χ1) is 13.3. The first-order valence-corrected chi connectivity index (χ1v) is 11.3. The lowest BCUT2D eigenvalue weighted by Crippen LogP contribution is -2.50. The van der Waals surface area contributed by atoms with Crippen molar-refractivity contribution in [3.8, 4) is 0 Å². The Morgan fingerprint density at radius 3 is 2.29 bits per heavy atom. The highest BCUT2D eigenvalue weighted by Crippen LogP contribution is 2.22. The third-order valence-electron chi connectivity index (χ3n) is 4.77. The molecule has 1 aliphatic rings. The lowest BCUT2D eigenvalue weighted by Gasteiger charge is -2.33. The number of halogens is 1. The van der Waals surface area contributed by atoms with E-state index in [4.69, 9.17) is 0 Å². The fourth-order valence-electron chi connectivity index (χ4n) is 3.29. The molecule has 0 atom stereocenters. The fourth-order valence-corrected chi connectivity index (χ4v) is 5.18. The van der Waals surface area contributed by atoms with Crippen LogP contribution in [0.25, 0.3) is 0 Å². The molecule has 0 spiro atoms. The molecule has 0 radical (unpaired) electrons. The molecule has 6 nitrogen and oxygen atoms in total. The number of nitrogens with zero attached hydrogens (tertiary/aromatic N) is 2. The van der Waals surface area contributed by atoms with Gasteiger partial charge in [0, 0.05) is 36.3 Å². The summed E-state index contributed by atoms with van der Waals surface area (Å²) < 4.78 is 28.3. The molecule has 1 aliphatic heterocycles. The second-order valence-corrected chi connectivity index (χ2v) is 9.83. The summed E-state index contributed by atoms with van der Waals surface area (Å²) in [5.74, 6) is -0.104. The standard InChI is InChI=1S/C20H24BrN3O3S/c1-15-3-8-19(16(2)13-15)28(26,27)24-11-9-23(10-12-24)14-20(25)22-18-6-4-17(21)5-7-18/h3-8,13H,9-12,14H2,1-2H3,(H,22,25). The SMILES string of the molecule is Cc1ccc(S(=O)(=O)N2CCN(CC(=O)Nc3ccc(Br)cc3)CC2)c(C)c1. The van der Waals surface area contributed by atoms with Crippen molar-refractivity contribution in [2.45, 2.75) is 18.7 Å². The fraction of sp³-hybridized carbons (Fsp3) is 0.350. The van der Waals surface area contributed by atoms with Crippen LogP contribution >= 0.6 is 15.9 Å². The van der Waals surface area contributed by atoms with E-state index in [-0.39, 0.29) is 12.5 Å². The zero-order chi connectivity index (χ0) is 20.3. The molecule has 1 heterocycles. The van der Waals surface area contributed by atoms with E-state index in [1.165, 1.54) is 4.31 Å². The predicted octanol–water partition coefficient (Wildman–Crippen LogP) is 3.01. The van der Waals surface area contributed by atoms with E-state index in [0.717, 1.165) is 21.3 Å². The first-order valence-electron chi connectivity index (χ1n) is 9.11. The van der Waals surface area contributed by atoms with Crippen molar-refractivity contribution >= 4 is 37.5 Å². The molecule has 0 unspecified atom stereocenters. The molecular weight excluding hydrogens is 442 g/mol. The molecule has 3 rings (SSSR count). The van der Waals surface area contributed by atoms with Gasteiger partial charge in [0.15, 0.2) is 0 Å². The number of rotatable bonds is 5. The maximum atomic E-state index is 12.9. The van der Waals surface area contributed by atoms with E-state index in [1.54, 1.807) is 6.07 Å². The summed E-state index contributed by atoms with van der Waals surface area (Å²) >= 11 is 3.36. The Balaban J connectivity index is 1.56. The number of nitrogens with one attached hydrogen (secondary N) is 1. The van der Waals surface area contributed by atoms with Crippen LogP contribution in [0.1, 0.15) is 11.1 Å². The Kier molecular flexibility index (Phi) is 6.54. The monoisotopic (exact) mass is 465 g/mol. The number of anilines is 1. The van der Waals surface area contributed by atoms with Gasteiger partial charge in [0.2, 0.25) is 15.9 Å². The molecule has 0 aliphatic carbocycles. The lowest BCUT2D eigenvalue weighted by atomic mass is 10.2. The minimum absolute atomic E-state index is 0.104. The molecule has 0 aromatic heterocycles. The lowest BCUT2D eigenvalue weighted by molar-refractivity contribution is -0.117. The summed E-state index contributed by atoms with van der Waals surface area (Å²) in [7, 11) is -3.51. The van der Waals surface area contributed by atoms with Gasteiger partial charge in [-0.1, -0.05) is 33.6 Å². The van der Waals surface area contributed by atoms with Gasteiger partial charge in [0.05, 0.1) is 11.4 Å². The van der Waals surface area contributed by atoms with Gasteiger partial charge in [-0.15, -0.1) is 0 Å². The maximum Gasteiger partial charge on any atom is 0.243 e. The number of benzene rings is 2. The van der Waals surface area contributed by atoms with Crippen LogP contribution in [0.5, 0.6) is 0 Å². The Morgan fingerprint density at radius 2 is 1.68 bits per heavy atom. The van der Waals surface area contributed by atoms with Gasteiger partial charge in [-0.3, -0.25) is 9.69 Å². The molecule has 1 amide bonds. The zero-order valence-corrected chi connectivity index (χ0v) is 18.4. The van der Waals surface area contributed by atoms with Crippen molar-refractivity contribution in [1.82, 2.24) is 9.21 Å². The summed E-state index contributed by atoms with van der Waals surface area (Å²) in [5, 5.41) is 2.86. The van der Waals surface area contributed by atoms with Crippen LogP contribution in [-0.4, -0.2) is 56.3 Å². The van der Waals surface area contributed by atoms with Gasteiger partial charge in [-0.05, 0) is 49.7 Å². The van der Waals surface area contributed by atoms with Gasteiger partial charge in [0.1, 0.15) is 0 Å². The van der Waals surface area contributed by atoms with E-state index in [9.17, 15) is 13.2 Å². The Hall–Kier alpha value is -1.74. The van der Waals surface area contributed by atoms with Crippen LogP contribution in [0.3, 0.4) is 0 Å². The van der Waals surface area contributed by atoms with Crippen molar-refractivity contribution in [2.75, 3.05) is 38.0 Å². The Morgan fingerprint density at radius 1 is 1.04 bits per heavy atom. The topological polar surface area (TPSA) is 69.7 Å². The number of hydrogen-bond donors (Lipinski definition) is 1. The maximum absolute atomic E-state index is 12.9. The molecule has 2 aromatic rings. The molecule has 0 saturated carbocycles. The molecule has 1 N–H and O–H groups in total. The average molecular weight is 466 g/mol. The second-order valence-electron chi connectivity index (χ2n) is 7.00. The molecule has 8 heteroatoms. The number of sulfonamides is 1. The predicted molar refractivity (Wildman–Crippen MR) is 114 cm³/mol. The van der Waals surface area contributed by atoms with Gasteiger partial charge in [-0.2, -0.15) is 4.31 Å². The van der Waals surface area contributed by atoms with Crippen LogP contribution in [0.2, 0.25) is 0 Å². The van der Waals surface area contributed by atoms with Crippen molar-refractivity contribution in [3.05, 3.63) is 58.1 Å². The number of aryl methyl sites for hydroxylation is 2. The largest absolute Gasteiger partial charge is 0.325 e. The van der Waals surface area contributed by atoms with E-state index in [1.807, 2.05) is 55.1 Å². The smallest absolute Gasteiger partial charge is 0.243 e. The quantitative estimate of drug-likeness (QED) is 0.736. The van der Waals surface area contributed by atoms with Crippen LogP contribution in [0, 0.1) is 13.8 Å². The normalized spacial score (nSPS) is 16.1. The van der Waals surface area contributed by atoms with Crippen molar-refractivity contribution in [2.24, 2.45) is 0 Å². The molecule has 2 aromatic carbocycles. The van der Waals surface area contributed by atoms with Crippen LogP contribution < -0.4 is 5.32 Å². The van der Waals surface area contributed by atoms with Gasteiger partial charge < -0.3 is 5.32 Å². The molecule has 0 bridgehead atoms. The highest BCUT2D eigenvalue weighted by molar-refractivity contribution is 9.10. The third-order valence-corrected chi connectivity index (χ3v) is 7.36. The average Bonchev–Trinajstić information content (AvgIpc) is 2.64. The first kappa shape index (κ1) is 21.0. The van der Waals surface area contributed by atoms with Gasteiger partial charge in [0.25, 0.3) is 0 Å². The van der Waals surface area contributed by atoms with Gasteiger partial charge >= 0.3 is 0 Å². The number of carbonyl (C=O) groups excluding carboxylic acids is 1. The second kappa shape index (κ2) is 8.73. The molecule has 150 valence electrons. The highest BCUT2D eigenvalue weighted by atomic mass is 79.9. The van der Waals surface area contributed by atoms with E-state index in [2.05, 4.69) is 21.2 Å². The van der Waals surface area contributed by atoms with Crippen LogP contribution in [0.15, 0.2) is 51.8 Å². The van der Waals surface area contributed by atoms with Crippen molar-refractivity contribution < 1.29 is 13.2 Å². The van der Waals surface area contributed by atoms with Gasteiger partial charge in [-0.25, -0.2) is 8.42 Å². The van der Waals surface area contributed by atoms with Crippen LogP contribution in [-0.2, 0) is 14.8 Å². The number of amides is 1. The number of hydrogen-bond acceptors (Lipinski definition) is 4. The van der Waals surface area contributed by atoms with E-state index < -0.39 is 10.0 Å². The van der Waals surface area contributed by atoms with Crippen molar-refractivity contribution in [1.29, 1.82) is 0 Å². The third kappa shape index (κ3) is 5.00.